The number of carbonyl (C=O) groups is 1. The zero-order valence-electron chi connectivity index (χ0n) is 16.3. The standard InChI is InChI=1S/C22H35N3O/c1-18(21-7-11-23-12-8-21)15-22(26)24-16-20-10-14-25(17-20)13-9-19-5-3-2-4-6-19/h2-6,18,20-21,23H,7-17H2,1H3,(H,24,26). The minimum Gasteiger partial charge on any atom is -0.356 e. The second-order valence-electron chi connectivity index (χ2n) is 8.26. The summed E-state index contributed by atoms with van der Waals surface area (Å²) in [5.41, 5.74) is 1.41. The van der Waals surface area contributed by atoms with Gasteiger partial charge in [0, 0.05) is 26.1 Å². The fraction of sp³-hybridized carbons (Fsp3) is 0.682. The number of nitrogens with one attached hydrogen (secondary N) is 2. The van der Waals surface area contributed by atoms with Crippen LogP contribution in [-0.4, -0.2) is 50.1 Å². The van der Waals surface area contributed by atoms with Gasteiger partial charge in [-0.15, -0.1) is 0 Å². The van der Waals surface area contributed by atoms with Crippen LogP contribution in [0.4, 0.5) is 0 Å². The van der Waals surface area contributed by atoms with E-state index in [1.165, 1.54) is 31.4 Å². The van der Waals surface area contributed by atoms with Gasteiger partial charge < -0.3 is 15.5 Å². The number of rotatable bonds is 8. The van der Waals surface area contributed by atoms with Gasteiger partial charge in [0.1, 0.15) is 0 Å². The van der Waals surface area contributed by atoms with Crippen molar-refractivity contribution < 1.29 is 4.79 Å². The predicted octanol–water partition coefficient (Wildman–Crippen LogP) is 2.69. The zero-order chi connectivity index (χ0) is 18.2. The highest BCUT2D eigenvalue weighted by Crippen LogP contribution is 2.24. The third-order valence-corrected chi connectivity index (χ3v) is 6.21. The Kier molecular flexibility index (Phi) is 7.51. The summed E-state index contributed by atoms with van der Waals surface area (Å²) >= 11 is 0. The molecule has 0 aromatic heterocycles. The monoisotopic (exact) mass is 357 g/mol. The molecular weight excluding hydrogens is 322 g/mol. The van der Waals surface area contributed by atoms with Crippen molar-refractivity contribution in [3.8, 4) is 0 Å². The Bertz CT molecular complexity index is 542. The molecule has 2 atom stereocenters. The van der Waals surface area contributed by atoms with Gasteiger partial charge in [-0.1, -0.05) is 37.3 Å². The van der Waals surface area contributed by atoms with Crippen LogP contribution in [0.3, 0.4) is 0 Å². The minimum absolute atomic E-state index is 0.249. The quantitative estimate of drug-likeness (QED) is 0.752. The number of benzene rings is 1. The molecule has 2 fully saturated rings. The van der Waals surface area contributed by atoms with Gasteiger partial charge >= 0.3 is 0 Å². The maximum atomic E-state index is 12.3. The summed E-state index contributed by atoms with van der Waals surface area (Å²) in [6.45, 7) is 8.72. The van der Waals surface area contributed by atoms with Gasteiger partial charge in [0.25, 0.3) is 0 Å². The number of piperidine rings is 1. The van der Waals surface area contributed by atoms with Crippen LogP contribution in [-0.2, 0) is 11.2 Å². The lowest BCUT2D eigenvalue weighted by Gasteiger charge is -2.28. The fourth-order valence-electron chi connectivity index (χ4n) is 4.42. The molecule has 0 spiro atoms. The molecule has 2 N–H and O–H groups in total. The summed E-state index contributed by atoms with van der Waals surface area (Å²) in [6, 6.07) is 10.7. The third-order valence-electron chi connectivity index (χ3n) is 6.21. The smallest absolute Gasteiger partial charge is 0.220 e. The molecule has 4 nitrogen and oxygen atoms in total. The molecule has 2 saturated heterocycles. The van der Waals surface area contributed by atoms with E-state index in [0.717, 1.165) is 39.1 Å². The van der Waals surface area contributed by atoms with Gasteiger partial charge in [-0.2, -0.15) is 0 Å². The normalized spacial score (nSPS) is 23.0. The van der Waals surface area contributed by atoms with E-state index in [-0.39, 0.29) is 5.91 Å². The van der Waals surface area contributed by atoms with Crippen molar-refractivity contribution in [1.82, 2.24) is 15.5 Å². The second-order valence-corrected chi connectivity index (χ2v) is 8.26. The Morgan fingerprint density at radius 1 is 1.23 bits per heavy atom. The SMILES string of the molecule is CC(CC(=O)NCC1CCN(CCc2ccccc2)C1)C1CCNCC1. The largest absolute Gasteiger partial charge is 0.356 e. The molecule has 2 aliphatic heterocycles. The Balaban J connectivity index is 1.30. The second kappa shape index (κ2) is 10.1. The van der Waals surface area contributed by atoms with Crippen LogP contribution in [0.15, 0.2) is 30.3 Å². The van der Waals surface area contributed by atoms with Crippen molar-refractivity contribution in [3.63, 3.8) is 0 Å². The highest BCUT2D eigenvalue weighted by Gasteiger charge is 2.24. The summed E-state index contributed by atoms with van der Waals surface area (Å²) in [6.07, 6.45) is 5.45. The Morgan fingerprint density at radius 3 is 2.77 bits per heavy atom. The van der Waals surface area contributed by atoms with Gasteiger partial charge in [0.15, 0.2) is 0 Å². The molecule has 0 radical (unpaired) electrons. The van der Waals surface area contributed by atoms with E-state index >= 15 is 0 Å². The van der Waals surface area contributed by atoms with Gasteiger partial charge in [-0.25, -0.2) is 0 Å². The van der Waals surface area contributed by atoms with Crippen molar-refractivity contribution in [2.45, 2.75) is 39.0 Å². The summed E-state index contributed by atoms with van der Waals surface area (Å²) in [4.78, 5) is 14.8. The van der Waals surface area contributed by atoms with Crippen LogP contribution in [0.1, 0.15) is 38.2 Å². The number of carbonyl (C=O) groups excluding carboxylic acids is 1. The van der Waals surface area contributed by atoms with Gasteiger partial charge in [0.05, 0.1) is 0 Å². The zero-order valence-corrected chi connectivity index (χ0v) is 16.3. The van der Waals surface area contributed by atoms with Crippen LogP contribution < -0.4 is 10.6 Å². The van der Waals surface area contributed by atoms with E-state index in [0.29, 0.717) is 24.2 Å². The van der Waals surface area contributed by atoms with E-state index in [1.807, 2.05) is 0 Å². The van der Waals surface area contributed by atoms with Gasteiger partial charge in [0.2, 0.25) is 5.91 Å². The first-order valence-electron chi connectivity index (χ1n) is 10.4. The van der Waals surface area contributed by atoms with Crippen molar-refractivity contribution in [2.24, 2.45) is 17.8 Å². The van der Waals surface area contributed by atoms with E-state index in [1.54, 1.807) is 0 Å². The van der Waals surface area contributed by atoms with E-state index in [9.17, 15) is 4.79 Å². The molecule has 26 heavy (non-hydrogen) atoms. The molecule has 1 aromatic rings. The molecule has 1 amide bonds. The van der Waals surface area contributed by atoms with Gasteiger partial charge in [-0.05, 0) is 68.6 Å². The van der Waals surface area contributed by atoms with Crippen molar-refractivity contribution in [2.75, 3.05) is 39.3 Å². The first kappa shape index (κ1) is 19.4. The Hall–Kier alpha value is -1.39. The van der Waals surface area contributed by atoms with Crippen LogP contribution >= 0.6 is 0 Å². The predicted molar refractivity (Wildman–Crippen MR) is 107 cm³/mol. The number of amides is 1. The molecule has 0 saturated carbocycles. The van der Waals surface area contributed by atoms with Crippen molar-refractivity contribution >= 4 is 5.91 Å². The Labute approximate surface area is 158 Å². The topological polar surface area (TPSA) is 44.4 Å². The maximum absolute atomic E-state index is 12.3. The highest BCUT2D eigenvalue weighted by molar-refractivity contribution is 5.76. The fourth-order valence-corrected chi connectivity index (χ4v) is 4.42. The molecule has 144 valence electrons. The van der Waals surface area contributed by atoms with E-state index < -0.39 is 0 Å². The third kappa shape index (κ3) is 6.10. The molecular formula is C22H35N3O. The highest BCUT2D eigenvalue weighted by atomic mass is 16.1. The molecule has 2 unspecified atom stereocenters. The molecule has 0 aliphatic carbocycles. The molecule has 4 heteroatoms. The lowest BCUT2D eigenvalue weighted by Crippen LogP contribution is -2.35. The summed E-state index contributed by atoms with van der Waals surface area (Å²) in [7, 11) is 0. The minimum atomic E-state index is 0.249. The van der Waals surface area contributed by atoms with E-state index in [2.05, 4.69) is 52.8 Å². The first-order chi connectivity index (χ1) is 12.7. The summed E-state index contributed by atoms with van der Waals surface area (Å²) in [5, 5.41) is 6.61. The van der Waals surface area contributed by atoms with E-state index in [4.69, 9.17) is 0 Å². The van der Waals surface area contributed by atoms with Gasteiger partial charge in [-0.3, -0.25) is 4.79 Å². The lowest BCUT2D eigenvalue weighted by atomic mass is 9.84. The number of nitrogens with zero attached hydrogens (tertiary/aromatic N) is 1. The number of likely N-dealkylation sites (tertiary alicyclic amines) is 1. The van der Waals surface area contributed by atoms with Crippen molar-refractivity contribution in [1.29, 1.82) is 0 Å². The first-order valence-corrected chi connectivity index (χ1v) is 10.4. The van der Waals surface area contributed by atoms with Crippen molar-refractivity contribution in [3.05, 3.63) is 35.9 Å². The van der Waals surface area contributed by atoms with Crippen LogP contribution in [0.25, 0.3) is 0 Å². The molecule has 1 aromatic carbocycles. The maximum Gasteiger partial charge on any atom is 0.220 e. The average Bonchev–Trinajstić information content (AvgIpc) is 3.14. The Morgan fingerprint density at radius 2 is 2.00 bits per heavy atom. The lowest BCUT2D eigenvalue weighted by molar-refractivity contribution is -0.122. The summed E-state index contributed by atoms with van der Waals surface area (Å²) in [5.74, 6) is 2.08. The number of hydrogen-bond donors (Lipinski definition) is 2. The molecule has 0 bridgehead atoms. The number of hydrogen-bond acceptors (Lipinski definition) is 3. The van der Waals surface area contributed by atoms with Crippen LogP contribution in [0.5, 0.6) is 0 Å². The summed E-state index contributed by atoms with van der Waals surface area (Å²) < 4.78 is 0. The molecule has 2 heterocycles. The molecule has 2 aliphatic rings. The molecule has 3 rings (SSSR count). The van der Waals surface area contributed by atoms with Crippen LogP contribution in [0, 0.1) is 17.8 Å². The van der Waals surface area contributed by atoms with Crippen LogP contribution in [0.2, 0.25) is 0 Å². The average molecular weight is 358 g/mol.